The second kappa shape index (κ2) is 8.26. The molecule has 3 rings (SSSR count). The van der Waals surface area contributed by atoms with Gasteiger partial charge in [-0.3, -0.25) is 14.0 Å². The van der Waals surface area contributed by atoms with Crippen molar-refractivity contribution >= 4 is 23.0 Å². The van der Waals surface area contributed by atoms with Crippen molar-refractivity contribution < 1.29 is 19.1 Å². The highest BCUT2D eigenvalue weighted by atomic mass is 16.5. The van der Waals surface area contributed by atoms with Crippen LogP contribution in [-0.4, -0.2) is 42.0 Å². The Balaban J connectivity index is 1.94. The fraction of sp³-hybridized carbons (Fsp3) is 0.150. The van der Waals surface area contributed by atoms with Crippen LogP contribution in [0.25, 0.3) is 5.52 Å². The van der Waals surface area contributed by atoms with Gasteiger partial charge in [-0.2, -0.15) is 0 Å². The van der Waals surface area contributed by atoms with Gasteiger partial charge >= 0.3 is 0 Å². The molecule has 8 heteroatoms. The Labute approximate surface area is 161 Å². The van der Waals surface area contributed by atoms with Crippen LogP contribution in [0.15, 0.2) is 55.3 Å². The van der Waals surface area contributed by atoms with E-state index in [1.807, 2.05) is 0 Å². The molecular formula is C20H20N4O4. The lowest BCUT2D eigenvalue weighted by Gasteiger charge is -2.10. The van der Waals surface area contributed by atoms with Crippen molar-refractivity contribution in [3.8, 4) is 11.5 Å². The maximum atomic E-state index is 12.8. The first-order valence-electron chi connectivity index (χ1n) is 8.48. The number of aromatic nitrogens is 2. The predicted molar refractivity (Wildman–Crippen MR) is 105 cm³/mol. The maximum absolute atomic E-state index is 12.8. The third kappa shape index (κ3) is 3.66. The number of amides is 2. The average molecular weight is 380 g/mol. The number of methoxy groups -OCH3 is 2. The quantitative estimate of drug-likeness (QED) is 0.614. The SMILES string of the molecule is C=CCNC(=O)c1nc(C(=O)Nc2ccc(OC)c(OC)c2)n2ccccc12. The minimum absolute atomic E-state index is 0.0918. The topological polar surface area (TPSA) is 94.0 Å². The van der Waals surface area contributed by atoms with Crippen molar-refractivity contribution in [2.45, 2.75) is 0 Å². The number of benzene rings is 1. The molecule has 2 aromatic heterocycles. The molecule has 0 spiro atoms. The minimum Gasteiger partial charge on any atom is -0.493 e. The van der Waals surface area contributed by atoms with Crippen molar-refractivity contribution in [3.63, 3.8) is 0 Å². The number of nitrogens with zero attached hydrogens (tertiary/aromatic N) is 2. The van der Waals surface area contributed by atoms with Crippen LogP contribution in [0.5, 0.6) is 11.5 Å². The second-order valence-corrected chi connectivity index (χ2v) is 5.76. The molecule has 0 aliphatic rings. The molecule has 2 N–H and O–H groups in total. The highest BCUT2D eigenvalue weighted by Crippen LogP contribution is 2.30. The van der Waals surface area contributed by atoms with E-state index in [2.05, 4.69) is 22.2 Å². The summed E-state index contributed by atoms with van der Waals surface area (Å²) in [5, 5.41) is 5.44. The summed E-state index contributed by atoms with van der Waals surface area (Å²) in [4.78, 5) is 29.4. The number of pyridine rings is 1. The number of nitrogens with one attached hydrogen (secondary N) is 2. The van der Waals surface area contributed by atoms with E-state index in [9.17, 15) is 9.59 Å². The van der Waals surface area contributed by atoms with Gasteiger partial charge in [0.2, 0.25) is 5.82 Å². The molecular weight excluding hydrogens is 360 g/mol. The van der Waals surface area contributed by atoms with Crippen LogP contribution in [0.1, 0.15) is 21.1 Å². The molecule has 0 aliphatic carbocycles. The molecule has 0 fully saturated rings. The first kappa shape index (κ1) is 19.0. The molecule has 0 saturated heterocycles. The molecule has 2 amide bonds. The number of ether oxygens (including phenoxy) is 2. The summed E-state index contributed by atoms with van der Waals surface area (Å²) in [7, 11) is 3.05. The van der Waals surface area contributed by atoms with E-state index in [1.54, 1.807) is 53.1 Å². The molecule has 1 aromatic carbocycles. The van der Waals surface area contributed by atoms with E-state index >= 15 is 0 Å². The number of carbonyl (C=O) groups excluding carboxylic acids is 2. The molecule has 144 valence electrons. The van der Waals surface area contributed by atoms with Gasteiger partial charge < -0.3 is 20.1 Å². The smallest absolute Gasteiger partial charge is 0.292 e. The average Bonchev–Trinajstić information content (AvgIpc) is 3.12. The van der Waals surface area contributed by atoms with Gasteiger partial charge in [0.15, 0.2) is 17.2 Å². The zero-order chi connectivity index (χ0) is 20.1. The summed E-state index contributed by atoms with van der Waals surface area (Å²) in [5.74, 6) is 0.282. The molecule has 8 nitrogen and oxygen atoms in total. The van der Waals surface area contributed by atoms with Crippen molar-refractivity contribution in [2.24, 2.45) is 0 Å². The first-order valence-corrected chi connectivity index (χ1v) is 8.48. The Hall–Kier alpha value is -3.81. The highest BCUT2D eigenvalue weighted by molar-refractivity contribution is 6.06. The summed E-state index contributed by atoms with van der Waals surface area (Å²) in [6.45, 7) is 3.88. The Kier molecular flexibility index (Phi) is 5.59. The number of imidazole rings is 1. The van der Waals surface area contributed by atoms with Crippen LogP contribution >= 0.6 is 0 Å². The van der Waals surface area contributed by atoms with Crippen LogP contribution in [0.2, 0.25) is 0 Å². The second-order valence-electron chi connectivity index (χ2n) is 5.76. The normalized spacial score (nSPS) is 10.4. The predicted octanol–water partition coefficient (Wildman–Crippen LogP) is 2.52. The largest absolute Gasteiger partial charge is 0.493 e. The summed E-state index contributed by atoms with van der Waals surface area (Å²) < 4.78 is 12.0. The fourth-order valence-electron chi connectivity index (χ4n) is 2.71. The fourth-order valence-corrected chi connectivity index (χ4v) is 2.71. The van der Waals surface area contributed by atoms with Gasteiger partial charge in [0, 0.05) is 24.5 Å². The van der Waals surface area contributed by atoms with Crippen molar-refractivity contribution in [2.75, 3.05) is 26.1 Å². The van der Waals surface area contributed by atoms with E-state index in [-0.39, 0.29) is 17.4 Å². The lowest BCUT2D eigenvalue weighted by molar-refractivity contribution is 0.0955. The maximum Gasteiger partial charge on any atom is 0.292 e. The van der Waals surface area contributed by atoms with Gasteiger partial charge in [-0.15, -0.1) is 6.58 Å². The lowest BCUT2D eigenvalue weighted by atomic mass is 10.2. The Morgan fingerprint density at radius 2 is 1.93 bits per heavy atom. The highest BCUT2D eigenvalue weighted by Gasteiger charge is 2.21. The molecule has 0 unspecified atom stereocenters. The van der Waals surface area contributed by atoms with Gasteiger partial charge in [-0.25, -0.2) is 4.98 Å². The monoisotopic (exact) mass is 380 g/mol. The van der Waals surface area contributed by atoms with Crippen molar-refractivity contribution in [3.05, 3.63) is 66.8 Å². The number of hydrogen-bond donors (Lipinski definition) is 2. The van der Waals surface area contributed by atoms with Crippen LogP contribution in [-0.2, 0) is 0 Å². The number of carbonyl (C=O) groups is 2. The van der Waals surface area contributed by atoms with Gasteiger partial charge in [-0.05, 0) is 24.3 Å². The molecule has 0 radical (unpaired) electrons. The van der Waals surface area contributed by atoms with E-state index < -0.39 is 5.91 Å². The van der Waals surface area contributed by atoms with E-state index in [0.717, 1.165) is 0 Å². The molecule has 0 saturated carbocycles. The molecule has 3 aromatic rings. The Morgan fingerprint density at radius 1 is 1.14 bits per heavy atom. The number of anilines is 1. The van der Waals surface area contributed by atoms with E-state index in [1.165, 1.54) is 14.2 Å². The summed E-state index contributed by atoms with van der Waals surface area (Å²) in [6, 6.07) is 10.3. The third-order valence-electron chi connectivity index (χ3n) is 4.01. The molecule has 0 atom stereocenters. The van der Waals surface area contributed by atoms with Gasteiger partial charge in [0.1, 0.15) is 0 Å². The van der Waals surface area contributed by atoms with Crippen LogP contribution in [0.4, 0.5) is 5.69 Å². The number of fused-ring (bicyclic) bond motifs is 1. The molecule has 0 bridgehead atoms. The van der Waals surface area contributed by atoms with Crippen molar-refractivity contribution in [1.82, 2.24) is 14.7 Å². The van der Waals surface area contributed by atoms with Gasteiger partial charge in [0.05, 0.1) is 19.7 Å². The molecule has 0 aliphatic heterocycles. The Bertz CT molecular complexity index is 1040. The lowest BCUT2D eigenvalue weighted by Crippen LogP contribution is -2.24. The van der Waals surface area contributed by atoms with Crippen LogP contribution < -0.4 is 20.1 Å². The summed E-state index contributed by atoms with van der Waals surface area (Å²) in [5.41, 5.74) is 1.20. The van der Waals surface area contributed by atoms with Gasteiger partial charge in [0.25, 0.3) is 11.8 Å². The standard InChI is InChI=1S/C20H20N4O4/c1-4-10-21-19(25)17-14-7-5-6-11-24(14)18(23-17)20(26)22-13-8-9-15(27-2)16(12-13)28-3/h4-9,11-12H,1,10H2,2-3H3,(H,21,25)(H,22,26). The van der Waals surface area contributed by atoms with E-state index in [0.29, 0.717) is 29.2 Å². The summed E-state index contributed by atoms with van der Waals surface area (Å²) in [6.07, 6.45) is 3.25. The van der Waals surface area contributed by atoms with E-state index in [4.69, 9.17) is 9.47 Å². The zero-order valence-corrected chi connectivity index (χ0v) is 15.6. The first-order chi connectivity index (χ1) is 13.6. The molecule has 2 heterocycles. The van der Waals surface area contributed by atoms with Crippen LogP contribution in [0.3, 0.4) is 0 Å². The third-order valence-corrected chi connectivity index (χ3v) is 4.01. The van der Waals surface area contributed by atoms with Crippen molar-refractivity contribution in [1.29, 1.82) is 0 Å². The summed E-state index contributed by atoms with van der Waals surface area (Å²) >= 11 is 0. The van der Waals surface area contributed by atoms with Crippen LogP contribution in [0, 0.1) is 0 Å². The minimum atomic E-state index is -0.462. The number of rotatable bonds is 7. The Morgan fingerprint density at radius 3 is 2.64 bits per heavy atom. The number of hydrogen-bond acceptors (Lipinski definition) is 5. The van der Waals surface area contributed by atoms with Gasteiger partial charge in [-0.1, -0.05) is 12.1 Å². The zero-order valence-electron chi connectivity index (χ0n) is 15.6. The molecule has 28 heavy (non-hydrogen) atoms.